The first-order valence-electron chi connectivity index (χ1n) is 9.41. The Morgan fingerprint density at radius 3 is 2.73 bits per heavy atom. The van der Waals surface area contributed by atoms with E-state index in [1.807, 2.05) is 48.7 Å². The first kappa shape index (κ1) is 19.7. The van der Waals surface area contributed by atoms with Crippen molar-refractivity contribution >= 4 is 39.6 Å². The van der Waals surface area contributed by atoms with Crippen molar-refractivity contribution < 1.29 is 14.3 Å². The highest BCUT2D eigenvalue weighted by Gasteiger charge is 2.18. The number of carbonyl (C=O) groups excluding carboxylic acids is 2. The number of nitrogens with two attached hydrogens (primary N) is 1. The van der Waals surface area contributed by atoms with Gasteiger partial charge in [-0.3, -0.25) is 14.3 Å². The second kappa shape index (κ2) is 8.38. The minimum Gasteiger partial charge on any atom is -0.489 e. The number of nitrogens with one attached hydrogen (secondary N) is 1. The van der Waals surface area contributed by atoms with Crippen molar-refractivity contribution in [1.82, 2.24) is 9.78 Å². The zero-order valence-electron chi connectivity index (χ0n) is 16.3. The van der Waals surface area contributed by atoms with Crippen LogP contribution in [-0.4, -0.2) is 21.6 Å². The molecule has 3 N–H and O–H groups in total. The predicted molar refractivity (Wildman–Crippen MR) is 117 cm³/mol. The summed E-state index contributed by atoms with van der Waals surface area (Å²) in [5.74, 6) is -0.195. The van der Waals surface area contributed by atoms with Crippen molar-refractivity contribution in [1.29, 1.82) is 0 Å². The molecule has 7 nitrogen and oxygen atoms in total. The molecule has 2 heterocycles. The van der Waals surface area contributed by atoms with Crippen LogP contribution in [-0.2, 0) is 13.2 Å². The summed E-state index contributed by atoms with van der Waals surface area (Å²) in [7, 11) is 0. The van der Waals surface area contributed by atoms with Crippen LogP contribution in [0.15, 0.2) is 60.1 Å². The average molecular weight is 420 g/mol. The van der Waals surface area contributed by atoms with Gasteiger partial charge in [0.2, 0.25) is 0 Å². The molecule has 8 heteroatoms. The molecule has 0 radical (unpaired) electrons. The molecule has 152 valence electrons. The lowest BCUT2D eigenvalue weighted by molar-refractivity contribution is 0.0991. The van der Waals surface area contributed by atoms with Crippen molar-refractivity contribution in [3.63, 3.8) is 0 Å². The van der Waals surface area contributed by atoms with E-state index in [1.54, 1.807) is 6.07 Å². The van der Waals surface area contributed by atoms with E-state index in [-0.39, 0.29) is 11.6 Å². The molecule has 0 saturated heterocycles. The van der Waals surface area contributed by atoms with Crippen LogP contribution in [0.4, 0.5) is 5.69 Å². The fourth-order valence-corrected chi connectivity index (χ4v) is 3.95. The van der Waals surface area contributed by atoms with Crippen LogP contribution in [0.5, 0.6) is 5.75 Å². The average Bonchev–Trinajstić information content (AvgIpc) is 3.39. The number of fused-ring (bicyclic) bond motifs is 1. The van der Waals surface area contributed by atoms with Gasteiger partial charge < -0.3 is 15.8 Å². The molecule has 0 spiro atoms. The Labute approximate surface area is 177 Å². The van der Waals surface area contributed by atoms with Gasteiger partial charge in [-0.2, -0.15) is 5.10 Å². The van der Waals surface area contributed by atoms with Crippen LogP contribution in [0.3, 0.4) is 0 Å². The number of aromatic nitrogens is 2. The summed E-state index contributed by atoms with van der Waals surface area (Å²) in [6.07, 6.45) is 1.43. The van der Waals surface area contributed by atoms with Crippen LogP contribution in [0, 0.1) is 0 Å². The van der Waals surface area contributed by atoms with Gasteiger partial charge in [-0.05, 0) is 41.3 Å². The number of ether oxygens (including phenoxy) is 1. The minimum absolute atomic E-state index is 0.183. The zero-order valence-corrected chi connectivity index (χ0v) is 17.1. The topological polar surface area (TPSA) is 99.2 Å². The molecule has 0 fully saturated rings. The number of anilines is 1. The molecule has 4 rings (SSSR count). The van der Waals surface area contributed by atoms with Gasteiger partial charge in [0.25, 0.3) is 11.8 Å². The van der Waals surface area contributed by atoms with Gasteiger partial charge in [0, 0.05) is 12.1 Å². The van der Waals surface area contributed by atoms with Crippen molar-refractivity contribution in [3.05, 3.63) is 76.2 Å². The van der Waals surface area contributed by atoms with Gasteiger partial charge in [0.1, 0.15) is 18.1 Å². The molecular weight excluding hydrogens is 400 g/mol. The molecule has 0 bridgehead atoms. The molecule has 4 aromatic rings. The number of primary amides is 1. The maximum Gasteiger partial charge on any atom is 0.269 e. The van der Waals surface area contributed by atoms with Gasteiger partial charge in [-0.1, -0.05) is 30.3 Å². The molecular formula is C22H20N4O3S. The van der Waals surface area contributed by atoms with E-state index in [2.05, 4.69) is 16.5 Å². The summed E-state index contributed by atoms with van der Waals surface area (Å²) < 4.78 is 7.33. The maximum absolute atomic E-state index is 12.6. The van der Waals surface area contributed by atoms with E-state index >= 15 is 0 Å². The first-order valence-corrected chi connectivity index (χ1v) is 10.3. The highest BCUT2D eigenvalue weighted by atomic mass is 32.1. The highest BCUT2D eigenvalue weighted by molar-refractivity contribution is 7.12. The molecule has 0 unspecified atom stereocenters. The monoisotopic (exact) mass is 420 g/mol. The molecule has 2 aromatic carbocycles. The SMILES string of the molecule is CCn1ncc(NC(=O)c2cc(COc3ccc4ccccc4c3)cs2)c1C(N)=O. The molecule has 0 aliphatic rings. The Kier molecular flexibility index (Phi) is 5.49. The Morgan fingerprint density at radius 2 is 1.97 bits per heavy atom. The molecule has 0 aliphatic heterocycles. The van der Waals surface area contributed by atoms with Gasteiger partial charge in [-0.15, -0.1) is 11.3 Å². The Bertz CT molecular complexity index is 1230. The third-order valence-corrected chi connectivity index (χ3v) is 5.60. The molecule has 0 aliphatic carbocycles. The third kappa shape index (κ3) is 4.04. The van der Waals surface area contributed by atoms with Crippen LogP contribution >= 0.6 is 11.3 Å². The lowest BCUT2D eigenvalue weighted by Gasteiger charge is -2.06. The van der Waals surface area contributed by atoms with E-state index in [4.69, 9.17) is 10.5 Å². The minimum atomic E-state index is -0.639. The molecule has 30 heavy (non-hydrogen) atoms. The van der Waals surface area contributed by atoms with Crippen molar-refractivity contribution in [3.8, 4) is 5.75 Å². The number of amides is 2. The zero-order chi connectivity index (χ0) is 21.1. The lowest BCUT2D eigenvalue weighted by Crippen LogP contribution is -2.20. The van der Waals surface area contributed by atoms with E-state index < -0.39 is 5.91 Å². The smallest absolute Gasteiger partial charge is 0.269 e. The van der Waals surface area contributed by atoms with E-state index in [0.717, 1.165) is 22.1 Å². The van der Waals surface area contributed by atoms with Gasteiger partial charge in [0.15, 0.2) is 0 Å². The molecule has 2 amide bonds. The fourth-order valence-electron chi connectivity index (χ4n) is 3.15. The molecule has 0 atom stereocenters. The fraction of sp³-hybridized carbons (Fsp3) is 0.136. The number of benzene rings is 2. The highest BCUT2D eigenvalue weighted by Crippen LogP contribution is 2.23. The number of thiophene rings is 1. The van der Waals surface area contributed by atoms with Crippen LogP contribution in [0.2, 0.25) is 0 Å². The number of hydrogen-bond acceptors (Lipinski definition) is 5. The van der Waals surface area contributed by atoms with E-state index in [9.17, 15) is 9.59 Å². The Morgan fingerprint density at radius 1 is 1.17 bits per heavy atom. The number of nitrogens with zero attached hydrogens (tertiary/aromatic N) is 2. The predicted octanol–water partition coefficient (Wildman–Crippen LogP) is 4.05. The first-order chi connectivity index (χ1) is 14.5. The summed E-state index contributed by atoms with van der Waals surface area (Å²) in [6.45, 7) is 2.66. The maximum atomic E-state index is 12.6. The Hall–Kier alpha value is -3.65. The molecule has 2 aromatic heterocycles. The van der Waals surface area contributed by atoms with Gasteiger partial charge >= 0.3 is 0 Å². The van der Waals surface area contributed by atoms with Crippen molar-refractivity contribution in [2.75, 3.05) is 5.32 Å². The number of hydrogen-bond donors (Lipinski definition) is 2. The van der Waals surface area contributed by atoms with Gasteiger partial charge in [0.05, 0.1) is 16.8 Å². The summed E-state index contributed by atoms with van der Waals surface area (Å²) in [4.78, 5) is 24.8. The number of carbonyl (C=O) groups is 2. The summed E-state index contributed by atoms with van der Waals surface area (Å²) in [5.41, 5.74) is 6.79. The Balaban J connectivity index is 1.43. The standard InChI is InChI=1S/C22H20N4O3S/c1-2-26-20(21(23)27)18(11-24-26)25-22(28)19-9-14(13-30-19)12-29-17-8-7-15-5-3-4-6-16(15)10-17/h3-11,13H,2,12H2,1H3,(H2,23,27)(H,25,28). The summed E-state index contributed by atoms with van der Waals surface area (Å²) in [5, 5.41) is 10.9. The lowest BCUT2D eigenvalue weighted by atomic mass is 10.1. The van der Waals surface area contributed by atoms with Crippen LogP contribution in [0.25, 0.3) is 10.8 Å². The second-order valence-corrected chi connectivity index (χ2v) is 7.57. The van der Waals surface area contributed by atoms with Crippen LogP contribution < -0.4 is 15.8 Å². The van der Waals surface area contributed by atoms with E-state index in [0.29, 0.717) is 23.7 Å². The molecule has 0 saturated carbocycles. The second-order valence-electron chi connectivity index (χ2n) is 6.66. The van der Waals surface area contributed by atoms with E-state index in [1.165, 1.54) is 22.2 Å². The van der Waals surface area contributed by atoms with Gasteiger partial charge in [-0.25, -0.2) is 0 Å². The normalized spacial score (nSPS) is 10.8. The number of rotatable bonds is 7. The summed E-state index contributed by atoms with van der Waals surface area (Å²) in [6, 6.07) is 15.8. The van der Waals surface area contributed by atoms with Crippen molar-refractivity contribution in [2.45, 2.75) is 20.1 Å². The van der Waals surface area contributed by atoms with Crippen LogP contribution in [0.1, 0.15) is 32.6 Å². The number of aryl methyl sites for hydroxylation is 1. The largest absolute Gasteiger partial charge is 0.489 e. The quantitative estimate of drug-likeness (QED) is 0.471. The third-order valence-electron chi connectivity index (χ3n) is 4.62. The summed E-state index contributed by atoms with van der Waals surface area (Å²) >= 11 is 1.31. The van der Waals surface area contributed by atoms with Crippen molar-refractivity contribution in [2.24, 2.45) is 5.73 Å².